The molecule has 3 amide bonds. The number of benzene rings is 2. The Labute approximate surface area is 241 Å². The van der Waals surface area contributed by atoms with Crippen LogP contribution in [-0.2, 0) is 22.6 Å². The minimum Gasteiger partial charge on any atom is -0.389 e. The minimum atomic E-state index is -1.07. The van der Waals surface area contributed by atoms with Crippen LogP contribution >= 0.6 is 0 Å². The van der Waals surface area contributed by atoms with Gasteiger partial charge in [-0.2, -0.15) is 0 Å². The van der Waals surface area contributed by atoms with Crippen molar-refractivity contribution < 1.29 is 28.2 Å². The number of aliphatic hydroxyl groups is 1. The highest BCUT2D eigenvalue weighted by Gasteiger charge is 2.42. The average Bonchev–Trinajstić information content (AvgIpc) is 3.55. The van der Waals surface area contributed by atoms with Gasteiger partial charge in [0.1, 0.15) is 17.7 Å². The lowest BCUT2D eigenvalue weighted by Gasteiger charge is -2.31. The maximum Gasteiger partial charge on any atom is 0.320 e. The first kappa shape index (κ1) is 30.9. The van der Waals surface area contributed by atoms with Gasteiger partial charge in [0.05, 0.1) is 31.4 Å². The molecule has 2 aliphatic heterocycles. The van der Waals surface area contributed by atoms with Crippen molar-refractivity contribution in [1.29, 1.82) is 0 Å². The normalized spacial score (nSPS) is 22.3. The average molecular weight is 573 g/mol. The molecule has 224 valence electrons. The van der Waals surface area contributed by atoms with Gasteiger partial charge in [0.2, 0.25) is 5.91 Å². The maximum atomic E-state index is 14.0. The summed E-state index contributed by atoms with van der Waals surface area (Å²) in [5.41, 5.74) is 1.36. The molecule has 2 aliphatic rings. The first-order valence-electron chi connectivity index (χ1n) is 14.7. The van der Waals surface area contributed by atoms with Gasteiger partial charge in [-0.1, -0.05) is 50.1 Å². The lowest BCUT2D eigenvalue weighted by atomic mass is 9.94. The standard InChI is InChI=1S/C31H42F2N4O4/c1-3-5-9-12-36-19-28(37(4-2)31(36)40)30(39)35-27(15-22-13-23(32)16-24(33)14-22)29(38)26-17-25(18-34-26)41-20-21-10-7-6-8-11-21/h6-8,10-11,13-14,16,25-29,34,38H,3-5,9,12,15,17-20H2,1-2H3,(H,35,39)/t25-,26-,27+,28?,29-/m1/s1. The van der Waals surface area contributed by atoms with E-state index < -0.39 is 41.8 Å². The highest BCUT2D eigenvalue weighted by atomic mass is 19.1. The predicted octanol–water partition coefficient (Wildman–Crippen LogP) is 3.62. The van der Waals surface area contributed by atoms with Gasteiger partial charge in [-0.05, 0) is 49.4 Å². The van der Waals surface area contributed by atoms with Crippen molar-refractivity contribution in [3.05, 3.63) is 71.3 Å². The molecular weight excluding hydrogens is 530 g/mol. The molecule has 3 N–H and O–H groups in total. The zero-order valence-electron chi connectivity index (χ0n) is 23.9. The SMILES string of the molecule is CCCCCN1CC(C(=O)N[C@@H](Cc2cc(F)cc(F)c2)[C@H](O)[C@H]2C[C@@H](OCc3ccccc3)CN2)N(CC)C1=O. The van der Waals surface area contributed by atoms with Crippen LogP contribution in [-0.4, -0.2) is 83.4 Å². The number of likely N-dealkylation sites (N-methyl/N-ethyl adjacent to an activating group) is 1. The van der Waals surface area contributed by atoms with Crippen LogP contribution in [0, 0.1) is 11.6 Å². The number of aliphatic hydroxyl groups excluding tert-OH is 1. The van der Waals surface area contributed by atoms with Crippen LogP contribution in [0.1, 0.15) is 50.7 Å². The number of halogens is 2. The molecule has 41 heavy (non-hydrogen) atoms. The number of nitrogens with zero attached hydrogens (tertiary/aromatic N) is 2. The Kier molecular flexibility index (Phi) is 11.1. The highest BCUT2D eigenvalue weighted by molar-refractivity contribution is 5.90. The van der Waals surface area contributed by atoms with Gasteiger partial charge < -0.3 is 30.3 Å². The second-order valence-corrected chi connectivity index (χ2v) is 11.0. The number of unbranched alkanes of at least 4 members (excludes halogenated alkanes) is 2. The van der Waals surface area contributed by atoms with Gasteiger partial charge in [0.25, 0.3) is 0 Å². The summed E-state index contributed by atoms with van der Waals surface area (Å²) >= 11 is 0. The number of ether oxygens (including phenoxy) is 1. The number of urea groups is 1. The van der Waals surface area contributed by atoms with Crippen molar-refractivity contribution in [2.24, 2.45) is 0 Å². The van der Waals surface area contributed by atoms with E-state index in [1.165, 1.54) is 17.0 Å². The molecule has 4 rings (SSSR count). The van der Waals surface area contributed by atoms with E-state index >= 15 is 0 Å². The number of hydrogen-bond acceptors (Lipinski definition) is 5. The van der Waals surface area contributed by atoms with E-state index in [1.54, 1.807) is 4.90 Å². The number of rotatable bonds is 14. The molecule has 2 aromatic rings. The van der Waals surface area contributed by atoms with Gasteiger partial charge in [-0.15, -0.1) is 0 Å². The van der Waals surface area contributed by atoms with E-state index in [1.807, 2.05) is 37.3 Å². The van der Waals surface area contributed by atoms with Crippen molar-refractivity contribution in [1.82, 2.24) is 20.4 Å². The van der Waals surface area contributed by atoms with E-state index in [4.69, 9.17) is 4.74 Å². The van der Waals surface area contributed by atoms with E-state index in [0.717, 1.165) is 30.9 Å². The van der Waals surface area contributed by atoms with Gasteiger partial charge in [0.15, 0.2) is 0 Å². The van der Waals surface area contributed by atoms with Crippen LogP contribution in [0.15, 0.2) is 48.5 Å². The molecule has 5 atom stereocenters. The fourth-order valence-electron chi connectivity index (χ4n) is 5.73. The zero-order valence-corrected chi connectivity index (χ0v) is 23.9. The Hall–Kier alpha value is -3.08. The summed E-state index contributed by atoms with van der Waals surface area (Å²) in [6, 6.07) is 10.9. The summed E-state index contributed by atoms with van der Waals surface area (Å²) in [6.07, 6.45) is 2.20. The fourth-order valence-corrected chi connectivity index (χ4v) is 5.73. The molecule has 2 aromatic carbocycles. The Morgan fingerprint density at radius 3 is 2.54 bits per heavy atom. The first-order chi connectivity index (χ1) is 19.8. The first-order valence-corrected chi connectivity index (χ1v) is 14.7. The number of amides is 3. The highest BCUT2D eigenvalue weighted by Crippen LogP contribution is 2.22. The molecule has 2 fully saturated rings. The Morgan fingerprint density at radius 1 is 1.12 bits per heavy atom. The molecule has 2 saturated heterocycles. The molecule has 0 radical (unpaired) electrons. The monoisotopic (exact) mass is 572 g/mol. The summed E-state index contributed by atoms with van der Waals surface area (Å²) in [6.45, 7) is 6.09. The Bertz CT molecular complexity index is 1130. The molecular formula is C31H42F2N4O4. The molecule has 1 unspecified atom stereocenters. The maximum absolute atomic E-state index is 14.0. The molecule has 0 bridgehead atoms. The van der Waals surface area contributed by atoms with Crippen molar-refractivity contribution in [2.45, 2.75) is 82.9 Å². The number of carbonyl (C=O) groups excluding carboxylic acids is 2. The van der Waals surface area contributed by atoms with E-state index in [2.05, 4.69) is 17.6 Å². The van der Waals surface area contributed by atoms with Gasteiger partial charge >= 0.3 is 6.03 Å². The molecule has 10 heteroatoms. The molecule has 0 aromatic heterocycles. The molecule has 0 saturated carbocycles. The summed E-state index contributed by atoms with van der Waals surface area (Å²) in [4.78, 5) is 29.8. The van der Waals surface area contributed by atoms with Crippen molar-refractivity contribution >= 4 is 11.9 Å². The van der Waals surface area contributed by atoms with Crippen molar-refractivity contribution in [3.63, 3.8) is 0 Å². The summed E-state index contributed by atoms with van der Waals surface area (Å²) in [5, 5.41) is 17.7. The van der Waals surface area contributed by atoms with Gasteiger partial charge in [0, 0.05) is 31.7 Å². The van der Waals surface area contributed by atoms with E-state index in [-0.39, 0.29) is 25.1 Å². The third kappa shape index (κ3) is 8.24. The summed E-state index contributed by atoms with van der Waals surface area (Å²) in [5.74, 6) is -1.85. The van der Waals surface area contributed by atoms with Crippen LogP contribution in [0.3, 0.4) is 0 Å². The van der Waals surface area contributed by atoms with Crippen LogP contribution in [0.4, 0.5) is 13.6 Å². The van der Waals surface area contributed by atoms with E-state index in [9.17, 15) is 23.5 Å². The second-order valence-electron chi connectivity index (χ2n) is 11.0. The molecule has 0 spiro atoms. The largest absolute Gasteiger partial charge is 0.389 e. The van der Waals surface area contributed by atoms with Gasteiger partial charge in [-0.25, -0.2) is 13.6 Å². The number of hydrogen-bond donors (Lipinski definition) is 3. The van der Waals surface area contributed by atoms with Crippen LogP contribution < -0.4 is 10.6 Å². The minimum absolute atomic E-state index is 0.0162. The topological polar surface area (TPSA) is 94.1 Å². The van der Waals surface area contributed by atoms with Crippen LogP contribution in [0.2, 0.25) is 0 Å². The fraction of sp³-hybridized carbons (Fsp3) is 0.548. The molecule has 8 nitrogen and oxygen atoms in total. The van der Waals surface area contributed by atoms with E-state index in [0.29, 0.717) is 38.2 Å². The lowest BCUT2D eigenvalue weighted by molar-refractivity contribution is -0.126. The zero-order chi connectivity index (χ0) is 29.4. The predicted molar refractivity (Wildman–Crippen MR) is 152 cm³/mol. The smallest absolute Gasteiger partial charge is 0.320 e. The lowest BCUT2D eigenvalue weighted by Crippen LogP contribution is -2.56. The van der Waals surface area contributed by atoms with Crippen molar-refractivity contribution in [3.8, 4) is 0 Å². The number of nitrogens with one attached hydrogen (secondary N) is 2. The third-order valence-corrected chi connectivity index (χ3v) is 7.94. The second kappa shape index (κ2) is 14.7. The Balaban J connectivity index is 1.45. The third-order valence-electron chi connectivity index (χ3n) is 7.94. The summed E-state index contributed by atoms with van der Waals surface area (Å²) < 4.78 is 34.1. The summed E-state index contributed by atoms with van der Waals surface area (Å²) in [7, 11) is 0. The van der Waals surface area contributed by atoms with Gasteiger partial charge in [-0.3, -0.25) is 4.79 Å². The quantitative estimate of drug-likeness (QED) is 0.301. The van der Waals surface area contributed by atoms with Crippen LogP contribution in [0.5, 0.6) is 0 Å². The Morgan fingerprint density at radius 2 is 1.85 bits per heavy atom. The molecule has 0 aliphatic carbocycles. The number of carbonyl (C=O) groups is 2. The van der Waals surface area contributed by atoms with Crippen molar-refractivity contribution in [2.75, 3.05) is 26.2 Å². The van der Waals surface area contributed by atoms with Crippen LogP contribution in [0.25, 0.3) is 0 Å². The molecule has 2 heterocycles.